The van der Waals surface area contributed by atoms with Gasteiger partial charge in [0.2, 0.25) is 5.91 Å². The molecule has 0 aromatic heterocycles. The third-order valence-electron chi connectivity index (χ3n) is 8.23. The number of carboxylic acids is 1. The summed E-state index contributed by atoms with van der Waals surface area (Å²) in [4.78, 5) is 28.2. The van der Waals surface area contributed by atoms with Gasteiger partial charge in [0, 0.05) is 43.2 Å². The maximum atomic E-state index is 12.2. The van der Waals surface area contributed by atoms with Gasteiger partial charge in [0.1, 0.15) is 0 Å². The largest absolute Gasteiger partial charge is 0.481 e. The van der Waals surface area contributed by atoms with Crippen LogP contribution < -0.4 is 5.32 Å². The van der Waals surface area contributed by atoms with Crippen molar-refractivity contribution in [2.45, 2.75) is 76.1 Å². The van der Waals surface area contributed by atoms with Crippen LogP contribution in [0.1, 0.15) is 74.0 Å². The van der Waals surface area contributed by atoms with Crippen molar-refractivity contribution in [2.75, 3.05) is 38.0 Å². The van der Waals surface area contributed by atoms with E-state index in [0.29, 0.717) is 11.7 Å². The van der Waals surface area contributed by atoms with E-state index in [9.17, 15) is 14.7 Å². The molecule has 3 aliphatic heterocycles. The number of nitrogens with zero attached hydrogens (tertiary/aromatic N) is 2. The molecule has 1 amide bonds. The number of benzene rings is 2. The topological polar surface area (TPSA) is 112 Å². The van der Waals surface area contributed by atoms with Gasteiger partial charge in [0.05, 0.1) is 25.2 Å². The lowest BCUT2D eigenvalue weighted by Crippen LogP contribution is -2.45. The molecule has 3 heterocycles. The molecule has 0 spiro atoms. The average molecular weight is 552 g/mol. The number of rotatable bonds is 11. The lowest BCUT2D eigenvalue weighted by atomic mass is 9.99. The Morgan fingerprint density at radius 1 is 0.925 bits per heavy atom. The summed E-state index contributed by atoms with van der Waals surface area (Å²) < 4.78 is 13.1. The molecule has 5 rings (SSSR count). The van der Waals surface area contributed by atoms with E-state index >= 15 is 0 Å². The number of aliphatic carboxylic acids is 1. The number of carbonyl (C=O) groups excluding carboxylic acids is 1. The summed E-state index contributed by atoms with van der Waals surface area (Å²) in [5.41, 5.74) is 3.28. The number of carbonyl (C=O) groups is 2. The van der Waals surface area contributed by atoms with Crippen LogP contribution in [0.2, 0.25) is 0 Å². The molecule has 9 heteroatoms. The van der Waals surface area contributed by atoms with Crippen LogP contribution in [0.25, 0.3) is 0 Å². The highest BCUT2D eigenvalue weighted by molar-refractivity contribution is 5.92. The van der Waals surface area contributed by atoms with Crippen LogP contribution in [-0.4, -0.2) is 76.8 Å². The van der Waals surface area contributed by atoms with E-state index in [0.717, 1.165) is 42.7 Å². The van der Waals surface area contributed by atoms with Crippen LogP contribution in [0, 0.1) is 0 Å². The number of ether oxygens (including phenoxy) is 2. The molecular weight excluding hydrogens is 510 g/mol. The van der Waals surface area contributed by atoms with Crippen molar-refractivity contribution in [1.29, 1.82) is 0 Å². The zero-order valence-electron chi connectivity index (χ0n) is 23.0. The van der Waals surface area contributed by atoms with Crippen LogP contribution in [0.4, 0.5) is 5.69 Å². The quantitative estimate of drug-likeness (QED) is 0.383. The van der Waals surface area contributed by atoms with Crippen molar-refractivity contribution in [3.8, 4) is 0 Å². The van der Waals surface area contributed by atoms with Gasteiger partial charge in [-0.2, -0.15) is 0 Å². The van der Waals surface area contributed by atoms with Crippen molar-refractivity contribution in [3.63, 3.8) is 0 Å². The molecule has 0 radical (unpaired) electrons. The van der Waals surface area contributed by atoms with E-state index in [1.165, 1.54) is 38.8 Å². The highest BCUT2D eigenvalue weighted by Gasteiger charge is 2.36. The smallest absolute Gasteiger partial charge is 0.303 e. The summed E-state index contributed by atoms with van der Waals surface area (Å²) in [6.07, 6.45) is 4.64. The second-order valence-electron chi connectivity index (χ2n) is 11.2. The van der Waals surface area contributed by atoms with Gasteiger partial charge < -0.3 is 29.9 Å². The number of hydrogen-bond donors (Lipinski definition) is 3. The molecule has 2 aromatic carbocycles. The fourth-order valence-corrected chi connectivity index (χ4v) is 6.11. The van der Waals surface area contributed by atoms with Gasteiger partial charge in [-0.25, -0.2) is 0 Å². The molecule has 0 aliphatic carbocycles. The highest BCUT2D eigenvalue weighted by atomic mass is 16.7. The normalized spacial score (nSPS) is 25.7. The predicted octanol–water partition coefficient (Wildman–Crippen LogP) is 4.09. The van der Waals surface area contributed by atoms with E-state index in [1.807, 2.05) is 42.5 Å². The van der Waals surface area contributed by atoms with Gasteiger partial charge >= 0.3 is 5.97 Å². The number of likely N-dealkylation sites (tertiary alicyclic amines) is 2. The number of nitrogens with one attached hydrogen (secondary N) is 1. The molecule has 0 bridgehead atoms. The second-order valence-corrected chi connectivity index (χ2v) is 11.2. The maximum absolute atomic E-state index is 12.2. The minimum absolute atomic E-state index is 0.00148. The van der Waals surface area contributed by atoms with Gasteiger partial charge in [0.25, 0.3) is 0 Å². The summed E-state index contributed by atoms with van der Waals surface area (Å²) in [6, 6.07) is 15.8. The lowest BCUT2D eigenvalue weighted by Gasteiger charge is -2.39. The van der Waals surface area contributed by atoms with Crippen molar-refractivity contribution >= 4 is 17.6 Å². The molecule has 3 saturated heterocycles. The van der Waals surface area contributed by atoms with Crippen LogP contribution in [-0.2, 0) is 25.7 Å². The number of carboxylic acid groups (broad SMARTS) is 1. The third kappa shape index (κ3) is 7.67. The lowest BCUT2D eigenvalue weighted by molar-refractivity contribution is -0.253. The Kier molecular flexibility index (Phi) is 9.83. The maximum Gasteiger partial charge on any atom is 0.303 e. The molecule has 0 saturated carbocycles. The van der Waals surface area contributed by atoms with Crippen LogP contribution in [0.15, 0.2) is 48.5 Å². The Labute approximate surface area is 236 Å². The second kappa shape index (κ2) is 13.7. The van der Waals surface area contributed by atoms with E-state index in [4.69, 9.17) is 14.6 Å². The predicted molar refractivity (Wildman–Crippen MR) is 151 cm³/mol. The molecule has 216 valence electrons. The van der Waals surface area contributed by atoms with Gasteiger partial charge in [-0.1, -0.05) is 36.4 Å². The molecule has 2 aromatic rings. The standard InChI is InChI=1S/C31H41N3O6/c35-21-22-8-10-23(11-9-22)28-18-27(20-34-16-4-7-26(34)19-33-14-1-2-15-33)39-31(40-28)24-5-3-6-25(17-24)32-29(36)12-13-30(37)38/h3,5-6,8-11,17,26-28,31,35H,1-2,4,7,12-16,18-21H2,(H,32,36)(H,37,38). The van der Waals surface area contributed by atoms with Crippen LogP contribution >= 0.6 is 0 Å². The summed E-state index contributed by atoms with van der Waals surface area (Å²) >= 11 is 0. The Morgan fingerprint density at radius 2 is 1.73 bits per heavy atom. The highest BCUT2D eigenvalue weighted by Crippen LogP contribution is 2.39. The number of hydrogen-bond acceptors (Lipinski definition) is 7. The summed E-state index contributed by atoms with van der Waals surface area (Å²) in [6.45, 7) is 5.46. The molecular formula is C31H41N3O6. The van der Waals surface area contributed by atoms with Gasteiger partial charge in [-0.3, -0.25) is 14.5 Å². The molecule has 3 aliphatic rings. The fourth-order valence-electron chi connectivity index (χ4n) is 6.11. The van der Waals surface area contributed by atoms with Crippen molar-refractivity contribution < 1.29 is 29.3 Å². The average Bonchev–Trinajstić information content (AvgIpc) is 3.64. The Morgan fingerprint density at radius 3 is 2.48 bits per heavy atom. The first-order valence-electron chi connectivity index (χ1n) is 14.6. The molecule has 3 fully saturated rings. The molecule has 4 unspecified atom stereocenters. The molecule has 4 atom stereocenters. The van der Waals surface area contributed by atoms with E-state index in [1.54, 1.807) is 6.07 Å². The van der Waals surface area contributed by atoms with E-state index in [2.05, 4.69) is 15.1 Å². The van der Waals surface area contributed by atoms with Crippen molar-refractivity contribution in [1.82, 2.24) is 9.80 Å². The Bertz CT molecular complexity index is 1140. The third-order valence-corrected chi connectivity index (χ3v) is 8.23. The summed E-state index contributed by atoms with van der Waals surface area (Å²) in [5.74, 6) is -1.35. The first kappa shape index (κ1) is 28.7. The zero-order valence-corrected chi connectivity index (χ0v) is 23.0. The van der Waals surface area contributed by atoms with Crippen molar-refractivity contribution in [3.05, 3.63) is 65.2 Å². The number of aliphatic hydroxyl groups is 1. The van der Waals surface area contributed by atoms with Gasteiger partial charge in [0.15, 0.2) is 6.29 Å². The van der Waals surface area contributed by atoms with Crippen LogP contribution in [0.3, 0.4) is 0 Å². The first-order valence-corrected chi connectivity index (χ1v) is 14.6. The number of aliphatic hydroxyl groups excluding tert-OH is 1. The molecule has 40 heavy (non-hydrogen) atoms. The summed E-state index contributed by atoms with van der Waals surface area (Å²) in [5, 5.41) is 21.2. The monoisotopic (exact) mass is 551 g/mol. The van der Waals surface area contributed by atoms with E-state index in [-0.39, 0.29) is 37.6 Å². The number of amides is 1. The van der Waals surface area contributed by atoms with E-state index < -0.39 is 12.3 Å². The van der Waals surface area contributed by atoms with Crippen LogP contribution in [0.5, 0.6) is 0 Å². The fraction of sp³-hybridized carbons (Fsp3) is 0.548. The molecule has 9 nitrogen and oxygen atoms in total. The molecule has 3 N–H and O–H groups in total. The van der Waals surface area contributed by atoms with Crippen molar-refractivity contribution in [2.24, 2.45) is 0 Å². The van der Waals surface area contributed by atoms with Gasteiger partial charge in [-0.15, -0.1) is 0 Å². The minimum Gasteiger partial charge on any atom is -0.481 e. The zero-order chi connectivity index (χ0) is 27.9. The van der Waals surface area contributed by atoms with Gasteiger partial charge in [-0.05, 0) is 68.6 Å². The SMILES string of the molecule is O=C(O)CCC(=O)Nc1cccc(C2OC(CN3CCCC3CN3CCCC3)CC(c3ccc(CO)cc3)O2)c1. The first-order chi connectivity index (χ1) is 19.5. The minimum atomic E-state index is -1.00. The Hall–Kier alpha value is -2.82. The summed E-state index contributed by atoms with van der Waals surface area (Å²) in [7, 11) is 0. The Balaban J connectivity index is 1.31. The number of anilines is 1.